The monoisotopic (exact) mass is 340 g/mol. The quantitative estimate of drug-likeness (QED) is 0.564. The Morgan fingerprint density at radius 1 is 1.32 bits per heavy atom. The summed E-state index contributed by atoms with van der Waals surface area (Å²) in [4.78, 5) is -0.0355. The standard InChI is InChI=1S/C13H16BrF3O2/c1-9-7-10(18-2)3-4-11(9)12(14)5-6-19-8-13(15,16)17/h3-4,7,12H,5-6,8H2,1-2H3. The van der Waals surface area contributed by atoms with Gasteiger partial charge in [0.25, 0.3) is 0 Å². The molecule has 0 aromatic heterocycles. The molecule has 0 aliphatic rings. The van der Waals surface area contributed by atoms with Crippen LogP contribution >= 0.6 is 15.9 Å². The minimum atomic E-state index is -4.27. The van der Waals surface area contributed by atoms with Gasteiger partial charge >= 0.3 is 6.18 Å². The minimum absolute atomic E-state index is 0.0355. The summed E-state index contributed by atoms with van der Waals surface area (Å²) in [6.07, 6.45) is -3.79. The van der Waals surface area contributed by atoms with Crippen LogP contribution in [-0.2, 0) is 4.74 Å². The van der Waals surface area contributed by atoms with Gasteiger partial charge in [-0.3, -0.25) is 0 Å². The number of aryl methyl sites for hydroxylation is 1. The van der Waals surface area contributed by atoms with E-state index in [1.807, 2.05) is 25.1 Å². The highest BCUT2D eigenvalue weighted by atomic mass is 79.9. The van der Waals surface area contributed by atoms with E-state index in [0.717, 1.165) is 16.9 Å². The van der Waals surface area contributed by atoms with Gasteiger partial charge in [0.05, 0.1) is 7.11 Å². The zero-order valence-electron chi connectivity index (χ0n) is 10.8. The van der Waals surface area contributed by atoms with Crippen LogP contribution in [0.2, 0.25) is 0 Å². The Balaban J connectivity index is 2.47. The lowest BCUT2D eigenvalue weighted by atomic mass is 10.0. The van der Waals surface area contributed by atoms with E-state index in [4.69, 9.17) is 4.74 Å². The summed E-state index contributed by atoms with van der Waals surface area (Å²) < 4.78 is 45.4. The largest absolute Gasteiger partial charge is 0.497 e. The van der Waals surface area contributed by atoms with Gasteiger partial charge in [-0.05, 0) is 36.6 Å². The van der Waals surface area contributed by atoms with Crippen molar-refractivity contribution in [1.29, 1.82) is 0 Å². The Kier molecular flexibility index (Phi) is 6.13. The first-order valence-corrected chi connectivity index (χ1v) is 6.68. The summed E-state index contributed by atoms with van der Waals surface area (Å²) >= 11 is 3.46. The molecule has 19 heavy (non-hydrogen) atoms. The molecule has 0 saturated heterocycles. The SMILES string of the molecule is COc1ccc(C(Br)CCOCC(F)(F)F)c(C)c1. The van der Waals surface area contributed by atoms with Gasteiger partial charge in [0.1, 0.15) is 12.4 Å². The Hall–Kier alpha value is -0.750. The Bertz CT molecular complexity index is 407. The normalized spacial score (nSPS) is 13.4. The van der Waals surface area contributed by atoms with E-state index >= 15 is 0 Å². The van der Waals surface area contributed by atoms with Gasteiger partial charge in [-0.2, -0.15) is 13.2 Å². The van der Waals surface area contributed by atoms with Crippen LogP contribution < -0.4 is 4.74 Å². The maximum Gasteiger partial charge on any atom is 0.411 e. The van der Waals surface area contributed by atoms with Gasteiger partial charge in [-0.1, -0.05) is 22.0 Å². The number of ether oxygens (including phenoxy) is 2. The summed E-state index contributed by atoms with van der Waals surface area (Å²) in [7, 11) is 1.59. The van der Waals surface area contributed by atoms with Crippen LogP contribution in [0.4, 0.5) is 13.2 Å². The third-order valence-corrected chi connectivity index (χ3v) is 3.55. The van der Waals surface area contributed by atoms with Crippen LogP contribution in [-0.4, -0.2) is 26.5 Å². The zero-order valence-corrected chi connectivity index (χ0v) is 12.3. The molecule has 0 heterocycles. The molecular formula is C13H16BrF3O2. The molecule has 0 aliphatic carbocycles. The van der Waals surface area contributed by atoms with Crippen molar-refractivity contribution < 1.29 is 22.6 Å². The average molecular weight is 341 g/mol. The van der Waals surface area contributed by atoms with Crippen LogP contribution in [0.25, 0.3) is 0 Å². The van der Waals surface area contributed by atoms with E-state index in [-0.39, 0.29) is 11.4 Å². The molecule has 1 atom stereocenters. The lowest BCUT2D eigenvalue weighted by Crippen LogP contribution is -2.17. The van der Waals surface area contributed by atoms with E-state index in [9.17, 15) is 13.2 Å². The van der Waals surface area contributed by atoms with Crippen molar-refractivity contribution in [2.45, 2.75) is 24.3 Å². The van der Waals surface area contributed by atoms with Crippen LogP contribution in [0.1, 0.15) is 22.4 Å². The second-order valence-electron chi connectivity index (χ2n) is 4.15. The fraction of sp³-hybridized carbons (Fsp3) is 0.538. The van der Waals surface area contributed by atoms with Crippen molar-refractivity contribution >= 4 is 15.9 Å². The van der Waals surface area contributed by atoms with Gasteiger partial charge in [0, 0.05) is 11.4 Å². The molecule has 0 aliphatic heterocycles. The maximum atomic E-state index is 11.9. The van der Waals surface area contributed by atoms with Crippen molar-refractivity contribution in [3.63, 3.8) is 0 Å². The zero-order chi connectivity index (χ0) is 14.5. The van der Waals surface area contributed by atoms with Gasteiger partial charge in [0.15, 0.2) is 0 Å². The molecule has 6 heteroatoms. The molecule has 1 rings (SSSR count). The lowest BCUT2D eigenvalue weighted by Gasteiger charge is -2.14. The fourth-order valence-corrected chi connectivity index (χ4v) is 2.36. The molecule has 0 spiro atoms. The highest BCUT2D eigenvalue weighted by Crippen LogP contribution is 2.31. The number of benzene rings is 1. The van der Waals surface area contributed by atoms with Crippen molar-refractivity contribution in [1.82, 2.24) is 0 Å². The molecule has 2 nitrogen and oxygen atoms in total. The minimum Gasteiger partial charge on any atom is -0.497 e. The number of methoxy groups -OCH3 is 1. The first kappa shape index (κ1) is 16.3. The Labute approximate surface area is 119 Å². The molecule has 0 amide bonds. The van der Waals surface area contributed by atoms with Gasteiger partial charge in [-0.15, -0.1) is 0 Å². The van der Waals surface area contributed by atoms with Crippen LogP contribution in [0, 0.1) is 6.92 Å². The van der Waals surface area contributed by atoms with Crippen molar-refractivity contribution in [2.75, 3.05) is 20.3 Å². The molecule has 1 aromatic carbocycles. The smallest absolute Gasteiger partial charge is 0.411 e. The fourth-order valence-electron chi connectivity index (χ4n) is 1.66. The van der Waals surface area contributed by atoms with E-state index in [1.165, 1.54) is 0 Å². The number of halogens is 4. The van der Waals surface area contributed by atoms with E-state index < -0.39 is 12.8 Å². The van der Waals surface area contributed by atoms with Crippen LogP contribution in [0.5, 0.6) is 5.75 Å². The number of rotatable bonds is 6. The highest BCUT2D eigenvalue weighted by Gasteiger charge is 2.27. The van der Waals surface area contributed by atoms with Crippen LogP contribution in [0.15, 0.2) is 18.2 Å². The van der Waals surface area contributed by atoms with Crippen molar-refractivity contribution in [2.24, 2.45) is 0 Å². The first-order chi connectivity index (χ1) is 8.83. The molecule has 0 N–H and O–H groups in total. The predicted octanol–water partition coefficient (Wildman–Crippen LogP) is 4.41. The Morgan fingerprint density at radius 3 is 2.53 bits per heavy atom. The summed E-state index contributed by atoms with van der Waals surface area (Å²) in [5, 5.41) is 0. The lowest BCUT2D eigenvalue weighted by molar-refractivity contribution is -0.174. The second kappa shape index (κ2) is 7.14. The second-order valence-corrected chi connectivity index (χ2v) is 5.25. The number of alkyl halides is 4. The van der Waals surface area contributed by atoms with Crippen LogP contribution in [0.3, 0.4) is 0 Å². The third-order valence-electron chi connectivity index (χ3n) is 2.60. The van der Waals surface area contributed by atoms with E-state index in [2.05, 4.69) is 20.7 Å². The maximum absolute atomic E-state index is 11.9. The molecule has 0 saturated carbocycles. The first-order valence-electron chi connectivity index (χ1n) is 5.76. The molecule has 0 fully saturated rings. The molecule has 108 valence electrons. The molecule has 1 unspecified atom stereocenters. The highest BCUT2D eigenvalue weighted by molar-refractivity contribution is 9.09. The van der Waals surface area contributed by atoms with Gasteiger partial charge in [0.2, 0.25) is 0 Å². The summed E-state index contributed by atoms with van der Waals surface area (Å²) in [6, 6.07) is 5.62. The molecular weight excluding hydrogens is 325 g/mol. The summed E-state index contributed by atoms with van der Waals surface area (Å²) in [5.74, 6) is 0.759. The van der Waals surface area contributed by atoms with Crippen molar-refractivity contribution in [3.8, 4) is 5.75 Å². The topological polar surface area (TPSA) is 18.5 Å². The van der Waals surface area contributed by atoms with Gasteiger partial charge < -0.3 is 9.47 Å². The summed E-state index contributed by atoms with van der Waals surface area (Å²) in [6.45, 7) is 0.790. The molecule has 1 aromatic rings. The molecule has 0 radical (unpaired) electrons. The van der Waals surface area contributed by atoms with Crippen molar-refractivity contribution in [3.05, 3.63) is 29.3 Å². The third kappa shape index (κ3) is 5.82. The number of hydrogen-bond acceptors (Lipinski definition) is 2. The number of hydrogen-bond donors (Lipinski definition) is 0. The Morgan fingerprint density at radius 2 is 2.00 bits per heavy atom. The molecule has 0 bridgehead atoms. The van der Waals surface area contributed by atoms with Gasteiger partial charge in [-0.25, -0.2) is 0 Å². The average Bonchev–Trinajstić information content (AvgIpc) is 2.33. The van der Waals surface area contributed by atoms with E-state index in [0.29, 0.717) is 6.42 Å². The van der Waals surface area contributed by atoms with E-state index in [1.54, 1.807) is 7.11 Å². The predicted molar refractivity (Wildman–Crippen MR) is 70.9 cm³/mol. The summed E-state index contributed by atoms with van der Waals surface area (Å²) in [5.41, 5.74) is 2.05.